The van der Waals surface area contributed by atoms with Gasteiger partial charge in [0, 0.05) is 26.2 Å². The molecule has 0 amide bonds. The predicted molar refractivity (Wildman–Crippen MR) is 147 cm³/mol. The molecule has 0 aliphatic rings. The number of rotatable bonds is 15. The first-order chi connectivity index (χ1) is 19.5. The first kappa shape index (κ1) is 31.9. The van der Waals surface area contributed by atoms with Gasteiger partial charge in [0.1, 0.15) is 0 Å². The van der Waals surface area contributed by atoms with E-state index in [1.54, 1.807) is 0 Å². The van der Waals surface area contributed by atoms with E-state index >= 15 is 0 Å². The fraction of sp³-hybridized carbons (Fsp3) is 0.444. The van der Waals surface area contributed by atoms with Crippen molar-refractivity contribution in [2.45, 2.75) is 38.0 Å². The molecule has 0 aliphatic heterocycles. The summed E-state index contributed by atoms with van der Waals surface area (Å²) in [5, 5.41) is 6.21. The summed E-state index contributed by atoms with van der Waals surface area (Å²) in [5.74, 6) is 0.935. The van der Waals surface area contributed by atoms with Crippen LogP contribution >= 0.6 is 0 Å². The van der Waals surface area contributed by atoms with Crippen molar-refractivity contribution < 1.29 is 26.3 Å². The van der Waals surface area contributed by atoms with E-state index in [4.69, 9.17) is 11.5 Å². The highest BCUT2D eigenvalue weighted by Gasteiger charge is 2.30. The van der Waals surface area contributed by atoms with Crippen LogP contribution in [0.3, 0.4) is 0 Å². The van der Waals surface area contributed by atoms with Crippen LogP contribution in [-0.4, -0.2) is 54.2 Å². The minimum absolute atomic E-state index is 0.268. The predicted octanol–water partition coefficient (Wildman–Crippen LogP) is 4.72. The van der Waals surface area contributed by atoms with Crippen LogP contribution in [0.1, 0.15) is 35.1 Å². The average Bonchev–Trinajstić information content (AvgIpc) is 2.93. The maximum atomic E-state index is 12.8. The summed E-state index contributed by atoms with van der Waals surface area (Å²) < 4.78 is 77.0. The number of benzene rings is 2. The molecular formula is C27H34F6N8. The lowest BCUT2D eigenvalue weighted by Gasteiger charge is -2.23. The van der Waals surface area contributed by atoms with Gasteiger partial charge in [0.2, 0.25) is 17.8 Å². The highest BCUT2D eigenvalue weighted by Crippen LogP contribution is 2.30. The largest absolute Gasteiger partial charge is 0.416 e. The summed E-state index contributed by atoms with van der Waals surface area (Å²) in [7, 11) is 0. The quantitative estimate of drug-likeness (QED) is 0.190. The molecule has 0 aliphatic carbocycles. The Morgan fingerprint density at radius 3 is 1.34 bits per heavy atom. The number of hydrogen-bond acceptors (Lipinski definition) is 8. The van der Waals surface area contributed by atoms with Crippen molar-refractivity contribution in [3.63, 3.8) is 0 Å². The second kappa shape index (κ2) is 14.8. The molecule has 1 heterocycles. The number of hydrogen-bond donors (Lipinski definition) is 4. The zero-order chi connectivity index (χ0) is 29.9. The zero-order valence-corrected chi connectivity index (χ0v) is 22.4. The molecule has 0 saturated heterocycles. The highest BCUT2D eigenvalue weighted by molar-refractivity contribution is 5.44. The molecule has 2 aromatic carbocycles. The first-order valence-electron chi connectivity index (χ1n) is 13.2. The monoisotopic (exact) mass is 584 g/mol. The van der Waals surface area contributed by atoms with Gasteiger partial charge in [-0.3, -0.25) is 0 Å². The number of nitrogens with one attached hydrogen (secondary N) is 2. The molecule has 6 N–H and O–H groups in total. The van der Waals surface area contributed by atoms with Gasteiger partial charge < -0.3 is 27.0 Å². The minimum atomic E-state index is -4.40. The molecular weight excluding hydrogens is 550 g/mol. The van der Waals surface area contributed by atoms with Gasteiger partial charge in [-0.15, -0.1) is 0 Å². The number of aromatic nitrogens is 3. The van der Waals surface area contributed by atoms with Crippen molar-refractivity contribution in [1.82, 2.24) is 15.0 Å². The van der Waals surface area contributed by atoms with Crippen LogP contribution in [0.25, 0.3) is 0 Å². The van der Waals surface area contributed by atoms with Crippen molar-refractivity contribution in [2.75, 3.05) is 54.8 Å². The fourth-order valence-corrected chi connectivity index (χ4v) is 3.90. The molecule has 41 heavy (non-hydrogen) atoms. The lowest BCUT2D eigenvalue weighted by molar-refractivity contribution is -0.138. The average molecular weight is 585 g/mol. The Morgan fingerprint density at radius 1 is 0.610 bits per heavy atom. The fourth-order valence-electron chi connectivity index (χ4n) is 3.90. The molecule has 0 unspecified atom stereocenters. The van der Waals surface area contributed by atoms with Crippen LogP contribution in [0.4, 0.5) is 44.2 Å². The Labute approximate surface area is 234 Å². The van der Waals surface area contributed by atoms with E-state index < -0.39 is 23.5 Å². The molecule has 3 aromatic rings. The van der Waals surface area contributed by atoms with E-state index in [2.05, 4.69) is 25.6 Å². The Hall–Kier alpha value is -3.65. The lowest BCUT2D eigenvalue weighted by Crippen LogP contribution is -2.31. The first-order valence-corrected chi connectivity index (χ1v) is 13.2. The van der Waals surface area contributed by atoms with Crippen LogP contribution < -0.4 is 27.0 Å². The summed E-state index contributed by atoms with van der Waals surface area (Å²) in [6, 6.07) is 9.89. The van der Waals surface area contributed by atoms with E-state index in [-0.39, 0.29) is 11.9 Å². The summed E-state index contributed by atoms with van der Waals surface area (Å²) in [4.78, 5) is 15.4. The summed E-state index contributed by atoms with van der Waals surface area (Å²) >= 11 is 0. The number of anilines is 3. The molecule has 14 heteroatoms. The lowest BCUT2D eigenvalue weighted by atomic mass is 10.1. The number of nitrogens with zero attached hydrogens (tertiary/aromatic N) is 4. The maximum absolute atomic E-state index is 12.8. The molecule has 3 rings (SSSR count). The molecule has 1 aromatic heterocycles. The topological polar surface area (TPSA) is 118 Å². The van der Waals surface area contributed by atoms with Crippen LogP contribution in [0, 0.1) is 0 Å². The van der Waals surface area contributed by atoms with Gasteiger partial charge in [-0.25, -0.2) is 0 Å². The third kappa shape index (κ3) is 10.4. The van der Waals surface area contributed by atoms with Gasteiger partial charge in [0.25, 0.3) is 0 Å². The smallest absolute Gasteiger partial charge is 0.354 e. The van der Waals surface area contributed by atoms with E-state index in [1.807, 2.05) is 4.90 Å². The van der Waals surface area contributed by atoms with Crippen molar-refractivity contribution in [3.05, 3.63) is 70.8 Å². The number of nitrogens with two attached hydrogens (primary N) is 2. The molecule has 0 radical (unpaired) electrons. The zero-order valence-electron chi connectivity index (χ0n) is 22.4. The second-order valence-electron chi connectivity index (χ2n) is 9.30. The minimum Gasteiger partial charge on any atom is -0.354 e. The molecule has 0 bridgehead atoms. The van der Waals surface area contributed by atoms with Gasteiger partial charge >= 0.3 is 12.4 Å². The molecule has 0 spiro atoms. The van der Waals surface area contributed by atoms with Crippen LogP contribution in [0.15, 0.2) is 48.5 Å². The molecule has 8 nitrogen and oxygen atoms in total. The van der Waals surface area contributed by atoms with Crippen LogP contribution in [-0.2, 0) is 25.2 Å². The second-order valence-corrected chi connectivity index (χ2v) is 9.30. The van der Waals surface area contributed by atoms with Crippen molar-refractivity contribution >= 4 is 17.8 Å². The van der Waals surface area contributed by atoms with Crippen molar-refractivity contribution in [1.29, 1.82) is 0 Å². The summed E-state index contributed by atoms with van der Waals surface area (Å²) in [6.45, 7) is 2.84. The molecule has 0 atom stereocenters. The number of halogens is 6. The Bertz CT molecular complexity index is 1110. The van der Waals surface area contributed by atoms with E-state index in [9.17, 15) is 26.3 Å². The molecule has 0 fully saturated rings. The third-order valence-corrected chi connectivity index (χ3v) is 6.13. The molecule has 0 saturated carbocycles. The molecule has 224 valence electrons. The standard InChI is InChI=1S/C27H34F6N8/c28-26(29,30)21-7-3-19(4-8-21)11-15-36-23-38-24(40-25(39-23)41(17-1-13-34)18-2-14-35)37-16-12-20-5-9-22(10-6-20)27(31,32)33/h3-10H,1-2,11-18,34-35H2,(H2,36,37,38,39,40). The van der Waals surface area contributed by atoms with Gasteiger partial charge in [0.15, 0.2) is 0 Å². The normalized spacial score (nSPS) is 11.9. The van der Waals surface area contributed by atoms with Crippen molar-refractivity contribution in [3.8, 4) is 0 Å². The van der Waals surface area contributed by atoms with E-state index in [1.165, 1.54) is 24.3 Å². The SMILES string of the molecule is NCCCN(CCCN)c1nc(NCCc2ccc(C(F)(F)F)cc2)nc(NCCc2ccc(C(F)(F)F)cc2)n1. The van der Waals surface area contributed by atoms with Gasteiger partial charge in [-0.05, 0) is 74.2 Å². The van der Waals surface area contributed by atoms with Crippen molar-refractivity contribution in [2.24, 2.45) is 11.5 Å². The van der Waals surface area contributed by atoms with Gasteiger partial charge in [-0.2, -0.15) is 41.3 Å². The van der Waals surface area contributed by atoms with E-state index in [0.717, 1.165) is 24.3 Å². The van der Waals surface area contributed by atoms with Gasteiger partial charge in [0.05, 0.1) is 11.1 Å². The van der Waals surface area contributed by atoms with E-state index in [0.29, 0.717) is 82.0 Å². The van der Waals surface area contributed by atoms with Gasteiger partial charge in [-0.1, -0.05) is 24.3 Å². The Kier molecular flexibility index (Phi) is 11.5. The van der Waals surface area contributed by atoms with Crippen LogP contribution in [0.2, 0.25) is 0 Å². The third-order valence-electron chi connectivity index (χ3n) is 6.13. The summed E-state index contributed by atoms with van der Waals surface area (Å²) in [5.41, 5.74) is 11.4. The highest BCUT2D eigenvalue weighted by atomic mass is 19.4. The van der Waals surface area contributed by atoms with Crippen LogP contribution in [0.5, 0.6) is 0 Å². The summed E-state index contributed by atoms with van der Waals surface area (Å²) in [6.07, 6.45) is -6.53. The Balaban J connectivity index is 1.71. The maximum Gasteiger partial charge on any atom is 0.416 e. The number of alkyl halides is 6. The Morgan fingerprint density at radius 2 is 1.00 bits per heavy atom.